The molecule has 0 spiro atoms. The molecule has 0 aliphatic heterocycles. The molecule has 0 saturated carbocycles. The molecule has 0 unspecified atom stereocenters. The molecule has 1 N–H and O–H groups in total. The van der Waals surface area contributed by atoms with Crippen molar-refractivity contribution in [1.29, 1.82) is 0 Å². The first-order valence-electron chi connectivity index (χ1n) is 8.40. The van der Waals surface area contributed by atoms with E-state index in [4.69, 9.17) is 11.6 Å². The van der Waals surface area contributed by atoms with Crippen molar-refractivity contribution >= 4 is 34.8 Å². The third-order valence-electron chi connectivity index (χ3n) is 4.52. The van der Waals surface area contributed by atoms with Crippen molar-refractivity contribution in [2.24, 2.45) is 5.92 Å². The molecule has 1 heterocycles. The summed E-state index contributed by atoms with van der Waals surface area (Å²) in [4.78, 5) is 28.1. The number of nitrogens with zero attached hydrogens (tertiary/aromatic N) is 1. The highest BCUT2D eigenvalue weighted by atomic mass is 35.5. The molecule has 0 radical (unpaired) electrons. The van der Waals surface area contributed by atoms with Gasteiger partial charge in [0.15, 0.2) is 0 Å². The molecule has 0 bridgehead atoms. The number of hydrogen-bond donors (Lipinski definition) is 1. The number of nitrogens with one attached hydrogen (secondary N) is 1. The predicted molar refractivity (Wildman–Crippen MR) is 101 cm³/mol. The Morgan fingerprint density at radius 1 is 1.35 bits per heavy atom. The number of aryl methyl sites for hydroxylation is 1. The fraction of sp³-hybridized carbons (Fsp3) is 0.368. The van der Waals surface area contributed by atoms with Gasteiger partial charge in [-0.25, -0.2) is 4.39 Å². The first kappa shape index (κ1) is 18.9. The number of hydrogen-bond acceptors (Lipinski definition) is 3. The van der Waals surface area contributed by atoms with Crippen LogP contribution >= 0.6 is 22.9 Å². The molecule has 0 saturated heterocycles. The molecule has 1 aromatic carbocycles. The van der Waals surface area contributed by atoms with Crippen molar-refractivity contribution in [1.82, 2.24) is 10.2 Å². The Hall–Kier alpha value is -1.92. The summed E-state index contributed by atoms with van der Waals surface area (Å²) in [6.07, 6.45) is 2.21. The van der Waals surface area contributed by atoms with Gasteiger partial charge in [-0.1, -0.05) is 17.7 Å². The van der Waals surface area contributed by atoms with Gasteiger partial charge in [-0.05, 0) is 48.6 Å². The van der Waals surface area contributed by atoms with E-state index in [1.54, 1.807) is 25.1 Å². The Morgan fingerprint density at radius 2 is 2.12 bits per heavy atom. The van der Waals surface area contributed by atoms with Crippen molar-refractivity contribution < 1.29 is 14.0 Å². The summed E-state index contributed by atoms with van der Waals surface area (Å²) in [6, 6.07) is 6.35. The number of rotatable bonds is 4. The van der Waals surface area contributed by atoms with Gasteiger partial charge in [0.05, 0.1) is 9.90 Å². The van der Waals surface area contributed by atoms with E-state index in [-0.39, 0.29) is 22.8 Å². The molecule has 2 aromatic rings. The molecule has 7 heteroatoms. The first-order chi connectivity index (χ1) is 12.3. The molecule has 3 rings (SSSR count). The number of amides is 2. The minimum absolute atomic E-state index is 0.00131. The Balaban J connectivity index is 1.61. The van der Waals surface area contributed by atoms with Gasteiger partial charge in [-0.3, -0.25) is 9.59 Å². The fourth-order valence-corrected chi connectivity index (χ4v) is 4.49. The van der Waals surface area contributed by atoms with Crippen LogP contribution in [0.3, 0.4) is 0 Å². The Labute approximate surface area is 161 Å². The van der Waals surface area contributed by atoms with Gasteiger partial charge in [0.1, 0.15) is 5.82 Å². The van der Waals surface area contributed by atoms with Gasteiger partial charge in [0.2, 0.25) is 5.91 Å². The Morgan fingerprint density at radius 3 is 2.81 bits per heavy atom. The number of thiophene rings is 1. The number of carbonyl (C=O) groups is 2. The summed E-state index contributed by atoms with van der Waals surface area (Å²) in [5.41, 5.74) is 1.85. The zero-order chi connectivity index (χ0) is 18.8. The first-order valence-corrected chi connectivity index (χ1v) is 9.59. The lowest BCUT2D eigenvalue weighted by Gasteiger charge is -2.21. The molecule has 1 aromatic heterocycles. The summed E-state index contributed by atoms with van der Waals surface area (Å²) in [6.45, 7) is 0.316. The predicted octanol–water partition coefficient (Wildman–Crippen LogP) is 3.66. The smallest absolute Gasteiger partial charge is 0.263 e. The van der Waals surface area contributed by atoms with Crippen LogP contribution < -0.4 is 5.32 Å². The van der Waals surface area contributed by atoms with Crippen molar-refractivity contribution in [3.8, 4) is 0 Å². The van der Waals surface area contributed by atoms with Crippen LogP contribution in [-0.4, -0.2) is 30.8 Å². The summed E-state index contributed by atoms with van der Waals surface area (Å²) >= 11 is 7.29. The van der Waals surface area contributed by atoms with Crippen molar-refractivity contribution in [2.45, 2.75) is 25.8 Å². The van der Waals surface area contributed by atoms with Gasteiger partial charge in [-0.2, -0.15) is 0 Å². The number of halogens is 2. The maximum Gasteiger partial charge on any atom is 0.263 e. The van der Waals surface area contributed by atoms with Crippen LogP contribution in [0.4, 0.5) is 4.39 Å². The lowest BCUT2D eigenvalue weighted by molar-refractivity contribution is -0.125. The Kier molecular flexibility index (Phi) is 5.63. The van der Waals surface area contributed by atoms with E-state index in [2.05, 4.69) is 5.32 Å². The molecule has 138 valence electrons. The van der Waals surface area contributed by atoms with Crippen LogP contribution in [0.1, 0.15) is 32.1 Å². The minimum Gasteiger partial charge on any atom is -0.352 e. The highest BCUT2D eigenvalue weighted by molar-refractivity contribution is 7.14. The molecule has 2 amide bonds. The van der Waals surface area contributed by atoms with Gasteiger partial charge < -0.3 is 10.2 Å². The largest absolute Gasteiger partial charge is 0.352 e. The van der Waals surface area contributed by atoms with E-state index in [9.17, 15) is 14.0 Å². The average molecular weight is 395 g/mol. The van der Waals surface area contributed by atoms with Crippen molar-refractivity contribution in [3.05, 3.63) is 56.0 Å². The summed E-state index contributed by atoms with van der Waals surface area (Å²) in [5, 5.41) is 2.95. The highest BCUT2D eigenvalue weighted by Crippen LogP contribution is 2.33. The molecule has 0 fully saturated rings. The molecule has 1 aliphatic rings. The van der Waals surface area contributed by atoms with Crippen molar-refractivity contribution in [3.63, 3.8) is 0 Å². The zero-order valence-electron chi connectivity index (χ0n) is 14.6. The van der Waals surface area contributed by atoms with Gasteiger partial charge in [0, 0.05) is 31.4 Å². The summed E-state index contributed by atoms with van der Waals surface area (Å²) in [5.74, 6) is -0.612. The normalized spacial score (nSPS) is 16.1. The van der Waals surface area contributed by atoms with Crippen LogP contribution in [0.5, 0.6) is 0 Å². The van der Waals surface area contributed by atoms with E-state index in [0.29, 0.717) is 13.0 Å². The molecular formula is C19H20ClFN2O2S. The third-order valence-corrected chi connectivity index (χ3v) is 6.04. The van der Waals surface area contributed by atoms with Gasteiger partial charge >= 0.3 is 0 Å². The van der Waals surface area contributed by atoms with Gasteiger partial charge in [0.25, 0.3) is 5.91 Å². The lowest BCUT2D eigenvalue weighted by Crippen LogP contribution is -2.33. The van der Waals surface area contributed by atoms with E-state index in [1.807, 2.05) is 6.07 Å². The van der Waals surface area contributed by atoms with Crippen LogP contribution in [0.25, 0.3) is 0 Å². The molecule has 4 nitrogen and oxygen atoms in total. The maximum atomic E-state index is 13.2. The quantitative estimate of drug-likeness (QED) is 0.860. The molecular weight excluding hydrogens is 375 g/mol. The Bertz CT molecular complexity index is 850. The van der Waals surface area contributed by atoms with E-state index < -0.39 is 5.82 Å². The monoisotopic (exact) mass is 394 g/mol. The van der Waals surface area contributed by atoms with E-state index >= 15 is 0 Å². The zero-order valence-corrected chi connectivity index (χ0v) is 16.2. The molecule has 1 atom stereocenters. The van der Waals surface area contributed by atoms with E-state index in [0.717, 1.165) is 28.8 Å². The van der Waals surface area contributed by atoms with Crippen LogP contribution in [0.15, 0.2) is 24.3 Å². The number of benzene rings is 1. The molecule has 26 heavy (non-hydrogen) atoms. The minimum atomic E-state index is -0.470. The standard InChI is InChI=1S/C19H20ClFN2O2S/c1-23(2)19(25)17-9-13-8-12(4-6-16(13)26-17)18(24)22-10-11-3-5-15(21)14(20)7-11/h3,5,7,9,12H,4,6,8,10H2,1-2H3,(H,22,24)/t12-/m0/s1. The second kappa shape index (κ2) is 7.76. The SMILES string of the molecule is CN(C)C(=O)c1cc2c(s1)CC[C@H](C(=O)NCc1ccc(F)c(Cl)c1)C2. The van der Waals surface area contributed by atoms with Crippen LogP contribution in [-0.2, 0) is 24.2 Å². The highest BCUT2D eigenvalue weighted by Gasteiger charge is 2.27. The molecule has 1 aliphatic carbocycles. The van der Waals surface area contributed by atoms with Crippen LogP contribution in [0.2, 0.25) is 5.02 Å². The number of fused-ring (bicyclic) bond motifs is 1. The van der Waals surface area contributed by atoms with Crippen LogP contribution in [0, 0.1) is 11.7 Å². The second-order valence-electron chi connectivity index (χ2n) is 6.66. The lowest BCUT2D eigenvalue weighted by atomic mass is 9.87. The van der Waals surface area contributed by atoms with E-state index in [1.165, 1.54) is 28.3 Å². The summed E-state index contributed by atoms with van der Waals surface area (Å²) < 4.78 is 13.2. The topological polar surface area (TPSA) is 49.4 Å². The average Bonchev–Trinajstić information content (AvgIpc) is 3.04. The van der Waals surface area contributed by atoms with Gasteiger partial charge in [-0.15, -0.1) is 11.3 Å². The number of carbonyl (C=O) groups excluding carboxylic acids is 2. The fourth-order valence-electron chi connectivity index (χ4n) is 3.06. The maximum absolute atomic E-state index is 13.2. The third kappa shape index (κ3) is 4.07. The second-order valence-corrected chi connectivity index (χ2v) is 8.21. The summed E-state index contributed by atoms with van der Waals surface area (Å²) in [7, 11) is 3.47. The van der Waals surface area contributed by atoms with Crippen molar-refractivity contribution in [2.75, 3.05) is 14.1 Å².